The normalized spacial score (nSPS) is 15.0. The third-order valence-electron chi connectivity index (χ3n) is 6.74. The molecule has 2 aromatic carbocycles. The SMILES string of the molecule is COc1cc(OC)c(Cl)c(-c2ccc(OC(=O)Nc3ccc(CN4CCNC(C)(C)C4)nc3)c3nccnc23)c1Cl. The van der Waals surface area contributed by atoms with Gasteiger partial charge in [-0.2, -0.15) is 0 Å². The van der Waals surface area contributed by atoms with E-state index in [1.165, 1.54) is 26.6 Å². The van der Waals surface area contributed by atoms with Gasteiger partial charge in [0, 0.05) is 61.3 Å². The molecule has 1 saturated heterocycles. The molecule has 2 N–H and O–H groups in total. The number of nitrogens with one attached hydrogen (secondary N) is 2. The molecular weight excluding hydrogens is 567 g/mol. The van der Waals surface area contributed by atoms with Crippen LogP contribution in [0.15, 0.2) is 48.9 Å². The van der Waals surface area contributed by atoms with Crippen LogP contribution in [0.1, 0.15) is 19.5 Å². The van der Waals surface area contributed by atoms with Crippen LogP contribution in [0.4, 0.5) is 10.5 Å². The lowest BCUT2D eigenvalue weighted by Crippen LogP contribution is -2.56. The topological polar surface area (TPSA) is 111 Å². The molecule has 12 heteroatoms. The molecule has 0 spiro atoms. The Morgan fingerprint density at radius 3 is 2.34 bits per heavy atom. The monoisotopic (exact) mass is 596 g/mol. The van der Waals surface area contributed by atoms with Gasteiger partial charge in [-0.15, -0.1) is 0 Å². The van der Waals surface area contributed by atoms with E-state index in [1.54, 1.807) is 30.5 Å². The van der Waals surface area contributed by atoms with E-state index in [9.17, 15) is 4.79 Å². The predicted molar refractivity (Wildman–Crippen MR) is 159 cm³/mol. The Balaban J connectivity index is 1.35. The van der Waals surface area contributed by atoms with Gasteiger partial charge in [0.25, 0.3) is 0 Å². The van der Waals surface area contributed by atoms with Crippen LogP contribution in [-0.4, -0.2) is 65.3 Å². The first-order chi connectivity index (χ1) is 19.7. The van der Waals surface area contributed by atoms with E-state index in [0.717, 1.165) is 31.9 Å². The molecular formula is C29H30Cl2N6O4. The quantitative estimate of drug-likeness (QED) is 0.273. The van der Waals surface area contributed by atoms with Crippen LogP contribution in [0.5, 0.6) is 17.2 Å². The molecule has 1 aliphatic heterocycles. The second-order valence-corrected chi connectivity index (χ2v) is 11.0. The zero-order chi connectivity index (χ0) is 29.1. The summed E-state index contributed by atoms with van der Waals surface area (Å²) in [5, 5.41) is 6.80. The van der Waals surface area contributed by atoms with Crippen molar-refractivity contribution in [2.45, 2.75) is 25.9 Å². The van der Waals surface area contributed by atoms with E-state index < -0.39 is 6.09 Å². The van der Waals surface area contributed by atoms with E-state index in [2.05, 4.69) is 44.3 Å². The largest absolute Gasteiger partial charge is 0.495 e. The molecule has 214 valence electrons. The van der Waals surface area contributed by atoms with Crippen molar-refractivity contribution in [3.8, 4) is 28.4 Å². The standard InChI is InChI=1S/C29H30Cl2N6O4/c1-29(2)16-37(12-11-35-29)15-18-6-5-17(14-34-18)36-28(38)41-20-8-7-19(26-27(20)33-10-9-32-26)23-24(30)21(39-3)13-22(40-4)25(23)31/h5-10,13-14,35H,11-12,15-16H2,1-4H3,(H,36,38). The number of ether oxygens (including phenoxy) is 3. The number of fused-ring (bicyclic) bond motifs is 1. The van der Waals surface area contributed by atoms with Gasteiger partial charge in [0.2, 0.25) is 0 Å². The Kier molecular flexibility index (Phi) is 8.46. The molecule has 1 fully saturated rings. The number of halogens is 2. The van der Waals surface area contributed by atoms with Gasteiger partial charge >= 0.3 is 6.09 Å². The summed E-state index contributed by atoms with van der Waals surface area (Å²) in [6.07, 6.45) is 3.96. The van der Waals surface area contributed by atoms with Gasteiger partial charge in [0.1, 0.15) is 22.5 Å². The molecule has 0 bridgehead atoms. The number of methoxy groups -OCH3 is 2. The van der Waals surface area contributed by atoms with Crippen molar-refractivity contribution in [3.05, 3.63) is 64.7 Å². The molecule has 0 aliphatic carbocycles. The van der Waals surface area contributed by atoms with Gasteiger partial charge in [-0.1, -0.05) is 23.2 Å². The van der Waals surface area contributed by atoms with E-state index in [1.807, 2.05) is 6.07 Å². The molecule has 2 aromatic heterocycles. The highest BCUT2D eigenvalue weighted by Crippen LogP contribution is 2.47. The van der Waals surface area contributed by atoms with Gasteiger partial charge in [-0.25, -0.2) is 9.78 Å². The number of pyridine rings is 1. The summed E-state index contributed by atoms with van der Waals surface area (Å²) in [6, 6.07) is 8.63. The molecule has 1 aliphatic rings. The zero-order valence-electron chi connectivity index (χ0n) is 23.1. The molecule has 0 radical (unpaired) electrons. The van der Waals surface area contributed by atoms with E-state index in [0.29, 0.717) is 39.3 Å². The van der Waals surface area contributed by atoms with Gasteiger partial charge in [0.15, 0.2) is 5.75 Å². The fourth-order valence-electron chi connectivity index (χ4n) is 4.88. The maximum Gasteiger partial charge on any atom is 0.417 e. The van der Waals surface area contributed by atoms with Crippen molar-refractivity contribution in [2.75, 3.05) is 39.2 Å². The van der Waals surface area contributed by atoms with Crippen LogP contribution in [-0.2, 0) is 6.54 Å². The zero-order valence-corrected chi connectivity index (χ0v) is 24.6. The lowest BCUT2D eigenvalue weighted by atomic mass is 10.0. The van der Waals surface area contributed by atoms with Gasteiger partial charge < -0.3 is 19.5 Å². The highest BCUT2D eigenvalue weighted by atomic mass is 35.5. The minimum absolute atomic E-state index is 0.0651. The summed E-state index contributed by atoms with van der Waals surface area (Å²) in [7, 11) is 3.00. The number of benzene rings is 2. The fourth-order valence-corrected chi connectivity index (χ4v) is 5.59. The summed E-state index contributed by atoms with van der Waals surface area (Å²) < 4.78 is 16.5. The van der Waals surface area contributed by atoms with E-state index in [-0.39, 0.29) is 21.3 Å². The number of anilines is 1. The molecule has 0 atom stereocenters. The molecule has 4 aromatic rings. The third-order valence-corrected chi connectivity index (χ3v) is 7.49. The highest BCUT2D eigenvalue weighted by Gasteiger charge is 2.26. The van der Waals surface area contributed by atoms with Gasteiger partial charge in [-0.3, -0.25) is 20.2 Å². The predicted octanol–water partition coefficient (Wildman–Crippen LogP) is 5.81. The Bertz CT molecular complexity index is 1550. The molecule has 3 heterocycles. The van der Waals surface area contributed by atoms with E-state index in [4.69, 9.17) is 37.4 Å². The smallest absolute Gasteiger partial charge is 0.417 e. The molecule has 41 heavy (non-hydrogen) atoms. The summed E-state index contributed by atoms with van der Waals surface area (Å²) >= 11 is 13.3. The van der Waals surface area contributed by atoms with Crippen LogP contribution < -0.4 is 24.8 Å². The maximum atomic E-state index is 12.8. The van der Waals surface area contributed by atoms with Crippen molar-refractivity contribution < 1.29 is 19.0 Å². The molecule has 0 unspecified atom stereocenters. The number of rotatable bonds is 7. The lowest BCUT2D eigenvalue weighted by Gasteiger charge is -2.38. The summed E-state index contributed by atoms with van der Waals surface area (Å²) in [5.41, 5.74) is 3.30. The highest BCUT2D eigenvalue weighted by molar-refractivity contribution is 6.41. The first-order valence-electron chi connectivity index (χ1n) is 12.9. The number of nitrogens with zero attached hydrogens (tertiary/aromatic N) is 4. The fraction of sp³-hybridized carbons (Fsp3) is 0.310. The number of hydrogen-bond acceptors (Lipinski definition) is 9. The van der Waals surface area contributed by atoms with Crippen LogP contribution >= 0.6 is 23.2 Å². The number of amides is 1. The summed E-state index contributed by atoms with van der Waals surface area (Å²) in [6.45, 7) is 7.94. The average molecular weight is 598 g/mol. The first kappa shape index (κ1) is 28.8. The third kappa shape index (κ3) is 6.31. The summed E-state index contributed by atoms with van der Waals surface area (Å²) in [5.74, 6) is 0.981. The van der Waals surface area contributed by atoms with Crippen LogP contribution in [0.25, 0.3) is 22.2 Å². The van der Waals surface area contributed by atoms with Crippen LogP contribution in [0.3, 0.4) is 0 Å². The number of hydrogen-bond donors (Lipinski definition) is 2. The molecule has 10 nitrogen and oxygen atoms in total. The second-order valence-electron chi connectivity index (χ2n) is 10.2. The van der Waals surface area contributed by atoms with Gasteiger partial charge in [-0.05, 0) is 38.1 Å². The molecule has 0 saturated carbocycles. The maximum absolute atomic E-state index is 12.8. The van der Waals surface area contributed by atoms with Crippen molar-refractivity contribution in [1.29, 1.82) is 0 Å². The Labute approximate surface area is 247 Å². The van der Waals surface area contributed by atoms with Crippen molar-refractivity contribution in [3.63, 3.8) is 0 Å². The Morgan fingerprint density at radius 2 is 1.71 bits per heavy atom. The first-order valence-corrected chi connectivity index (χ1v) is 13.7. The van der Waals surface area contributed by atoms with Crippen molar-refractivity contribution >= 4 is 46.0 Å². The number of aromatic nitrogens is 3. The molecule has 5 rings (SSSR count). The lowest BCUT2D eigenvalue weighted by molar-refractivity contribution is 0.147. The van der Waals surface area contributed by atoms with Crippen LogP contribution in [0, 0.1) is 0 Å². The van der Waals surface area contributed by atoms with Crippen LogP contribution in [0.2, 0.25) is 10.0 Å². The second kappa shape index (κ2) is 12.0. The number of carbonyl (C=O) groups excluding carboxylic acids is 1. The van der Waals surface area contributed by atoms with Gasteiger partial charge in [0.05, 0.1) is 41.8 Å². The van der Waals surface area contributed by atoms with Crippen molar-refractivity contribution in [1.82, 2.24) is 25.2 Å². The van der Waals surface area contributed by atoms with Crippen molar-refractivity contribution in [2.24, 2.45) is 0 Å². The number of carbonyl (C=O) groups is 1. The van der Waals surface area contributed by atoms with E-state index >= 15 is 0 Å². The molecule has 1 amide bonds. The Morgan fingerprint density at radius 1 is 1.00 bits per heavy atom. The number of piperazine rings is 1. The summed E-state index contributed by atoms with van der Waals surface area (Å²) in [4.78, 5) is 28.6. The minimum atomic E-state index is -0.692. The minimum Gasteiger partial charge on any atom is -0.495 e. The Hall–Kier alpha value is -3.70. The average Bonchev–Trinajstić information content (AvgIpc) is 2.95.